The van der Waals surface area contributed by atoms with Crippen molar-refractivity contribution in [2.45, 2.75) is 24.3 Å². The molecule has 3 heterocycles. The molecular formula is C19H19ClN2O2. The Morgan fingerprint density at radius 1 is 1.04 bits per heavy atom. The van der Waals surface area contributed by atoms with Gasteiger partial charge in [0.25, 0.3) is 5.56 Å². The fraction of sp³-hybridized carbons (Fsp3) is 0.368. The molecule has 4 rings (SSSR count). The first-order chi connectivity index (χ1) is 11.6. The molecule has 2 unspecified atom stereocenters. The highest BCUT2D eigenvalue weighted by atomic mass is 35.5. The molecule has 1 aromatic carbocycles. The predicted molar refractivity (Wildman–Crippen MR) is 93.2 cm³/mol. The maximum atomic E-state index is 12.8. The van der Waals surface area contributed by atoms with Crippen LogP contribution in [0.5, 0.6) is 0 Å². The van der Waals surface area contributed by atoms with Crippen LogP contribution < -0.4 is 5.56 Å². The van der Waals surface area contributed by atoms with Crippen molar-refractivity contribution >= 4 is 17.5 Å². The van der Waals surface area contributed by atoms with Crippen LogP contribution >= 0.6 is 11.6 Å². The van der Waals surface area contributed by atoms with Crippen molar-refractivity contribution < 1.29 is 4.79 Å². The quantitative estimate of drug-likeness (QED) is 0.788. The van der Waals surface area contributed by atoms with Gasteiger partial charge in [0, 0.05) is 37.3 Å². The van der Waals surface area contributed by atoms with E-state index in [9.17, 15) is 9.59 Å². The Morgan fingerprint density at radius 2 is 1.83 bits per heavy atom. The summed E-state index contributed by atoms with van der Waals surface area (Å²) < 4.78 is 1.87. The summed E-state index contributed by atoms with van der Waals surface area (Å²) in [4.78, 5) is 26.8. The number of piperidine rings is 1. The average Bonchev–Trinajstić information content (AvgIpc) is 2.62. The van der Waals surface area contributed by atoms with Crippen LogP contribution in [0.2, 0.25) is 0 Å². The fourth-order valence-corrected chi connectivity index (χ4v) is 4.28. The van der Waals surface area contributed by atoms with Crippen LogP contribution in [-0.4, -0.2) is 28.5 Å². The fourth-order valence-electron chi connectivity index (χ4n) is 4.00. The molecule has 24 heavy (non-hydrogen) atoms. The molecule has 3 atom stereocenters. The maximum Gasteiger partial charge on any atom is 0.250 e. The number of carbonyl (C=O) groups is 1. The monoisotopic (exact) mass is 342 g/mol. The van der Waals surface area contributed by atoms with Gasteiger partial charge in [-0.2, -0.15) is 0 Å². The lowest BCUT2D eigenvalue weighted by atomic mass is 9.83. The standard InChI is InChI=1S/C19H19ClN2O2/c20-18(14-5-2-1-3-6-14)19(24)21-10-13-9-15(12-21)16-7-4-8-17(23)22(16)11-13/h1-8,13,15,18H,9-12H2/t13?,15-,18?/m1/s1. The number of hydrogen-bond donors (Lipinski definition) is 0. The second-order valence-corrected chi connectivity index (χ2v) is 7.15. The molecule has 0 radical (unpaired) electrons. The number of fused-ring (bicyclic) bond motifs is 4. The van der Waals surface area contributed by atoms with E-state index in [-0.39, 0.29) is 17.4 Å². The van der Waals surface area contributed by atoms with E-state index < -0.39 is 5.38 Å². The molecule has 1 saturated heterocycles. The molecule has 2 bridgehead atoms. The van der Waals surface area contributed by atoms with Crippen LogP contribution in [0, 0.1) is 5.92 Å². The summed E-state index contributed by atoms with van der Waals surface area (Å²) in [5, 5.41) is -0.650. The van der Waals surface area contributed by atoms with E-state index in [1.54, 1.807) is 6.07 Å². The summed E-state index contributed by atoms with van der Waals surface area (Å²) in [5.74, 6) is 0.499. The van der Waals surface area contributed by atoms with Crippen LogP contribution in [-0.2, 0) is 11.3 Å². The molecule has 4 nitrogen and oxygen atoms in total. The number of pyridine rings is 1. The number of aromatic nitrogens is 1. The summed E-state index contributed by atoms with van der Waals surface area (Å²) in [5.41, 5.74) is 1.93. The van der Waals surface area contributed by atoms with Gasteiger partial charge in [0.1, 0.15) is 5.38 Å². The highest BCUT2D eigenvalue weighted by Crippen LogP contribution is 2.36. The minimum atomic E-state index is -0.650. The molecule has 2 aromatic rings. The largest absolute Gasteiger partial charge is 0.340 e. The normalized spacial score (nSPS) is 23.5. The number of rotatable bonds is 2. The summed E-state index contributed by atoms with van der Waals surface area (Å²) in [6.07, 6.45) is 1.03. The van der Waals surface area contributed by atoms with Crippen LogP contribution in [0.4, 0.5) is 0 Å². The molecule has 5 heteroatoms. The predicted octanol–water partition coefficient (Wildman–Crippen LogP) is 2.77. The van der Waals surface area contributed by atoms with Gasteiger partial charge in [-0.25, -0.2) is 0 Å². The van der Waals surface area contributed by atoms with Crippen LogP contribution in [0.1, 0.15) is 29.0 Å². The Hall–Kier alpha value is -2.07. The van der Waals surface area contributed by atoms with E-state index in [4.69, 9.17) is 11.6 Å². The lowest BCUT2D eigenvalue weighted by Gasteiger charge is -2.43. The van der Waals surface area contributed by atoms with Gasteiger partial charge >= 0.3 is 0 Å². The van der Waals surface area contributed by atoms with Crippen molar-refractivity contribution in [2.24, 2.45) is 5.92 Å². The smallest absolute Gasteiger partial charge is 0.250 e. The zero-order valence-electron chi connectivity index (χ0n) is 13.3. The van der Waals surface area contributed by atoms with Crippen molar-refractivity contribution in [2.75, 3.05) is 13.1 Å². The molecule has 2 aliphatic heterocycles. The lowest BCUT2D eigenvalue weighted by molar-refractivity contribution is -0.133. The first-order valence-corrected chi connectivity index (χ1v) is 8.74. The van der Waals surface area contributed by atoms with Gasteiger partial charge in [0.15, 0.2) is 0 Å². The molecule has 2 aliphatic rings. The highest BCUT2D eigenvalue weighted by Gasteiger charge is 2.37. The van der Waals surface area contributed by atoms with E-state index >= 15 is 0 Å². The molecular weight excluding hydrogens is 324 g/mol. The summed E-state index contributed by atoms with van der Waals surface area (Å²) in [6, 6.07) is 14.9. The van der Waals surface area contributed by atoms with Crippen molar-refractivity contribution in [3.8, 4) is 0 Å². The SMILES string of the molecule is O=C(C(Cl)c1ccccc1)N1CC2C[C@H](C1)c1cccc(=O)n1C2. The molecule has 1 fully saturated rings. The number of carbonyl (C=O) groups excluding carboxylic acids is 1. The molecule has 124 valence electrons. The van der Waals surface area contributed by atoms with Crippen molar-refractivity contribution in [3.05, 3.63) is 70.1 Å². The number of likely N-dealkylation sites (tertiary alicyclic amines) is 1. The minimum absolute atomic E-state index is 0.0377. The van der Waals surface area contributed by atoms with Crippen LogP contribution in [0.3, 0.4) is 0 Å². The molecule has 0 N–H and O–H groups in total. The first kappa shape index (κ1) is 15.5. The Kier molecular flexibility index (Phi) is 3.93. The summed E-state index contributed by atoms with van der Waals surface area (Å²) in [6.45, 7) is 1.99. The van der Waals surface area contributed by atoms with E-state index in [1.807, 2.05) is 51.9 Å². The molecule has 0 saturated carbocycles. The zero-order chi connectivity index (χ0) is 16.7. The molecule has 0 spiro atoms. The van der Waals surface area contributed by atoms with Gasteiger partial charge in [0.2, 0.25) is 5.91 Å². The Morgan fingerprint density at radius 3 is 2.62 bits per heavy atom. The zero-order valence-corrected chi connectivity index (χ0v) is 14.0. The van der Waals surface area contributed by atoms with E-state index in [1.165, 1.54) is 0 Å². The van der Waals surface area contributed by atoms with E-state index in [0.717, 1.165) is 17.7 Å². The third-order valence-corrected chi connectivity index (χ3v) is 5.54. The number of nitrogens with zero attached hydrogens (tertiary/aromatic N) is 2. The summed E-state index contributed by atoms with van der Waals surface area (Å²) in [7, 11) is 0. The van der Waals surface area contributed by atoms with Crippen molar-refractivity contribution in [1.82, 2.24) is 9.47 Å². The number of benzene rings is 1. The minimum Gasteiger partial charge on any atom is -0.340 e. The number of halogens is 1. The second-order valence-electron chi connectivity index (χ2n) is 6.71. The third-order valence-electron chi connectivity index (χ3n) is 5.10. The Labute approximate surface area is 145 Å². The van der Waals surface area contributed by atoms with Gasteiger partial charge in [-0.05, 0) is 24.0 Å². The van der Waals surface area contributed by atoms with Crippen LogP contribution in [0.15, 0.2) is 53.3 Å². The van der Waals surface area contributed by atoms with Gasteiger partial charge < -0.3 is 9.47 Å². The average molecular weight is 343 g/mol. The maximum absolute atomic E-state index is 12.8. The Bertz CT molecular complexity index is 818. The van der Waals surface area contributed by atoms with Crippen LogP contribution in [0.25, 0.3) is 0 Å². The van der Waals surface area contributed by atoms with Crippen molar-refractivity contribution in [1.29, 1.82) is 0 Å². The molecule has 0 aliphatic carbocycles. The first-order valence-electron chi connectivity index (χ1n) is 8.31. The number of alkyl halides is 1. The Balaban J connectivity index is 1.58. The van der Waals surface area contributed by atoms with Gasteiger partial charge in [-0.1, -0.05) is 36.4 Å². The van der Waals surface area contributed by atoms with Crippen molar-refractivity contribution in [3.63, 3.8) is 0 Å². The van der Waals surface area contributed by atoms with Gasteiger partial charge in [-0.3, -0.25) is 9.59 Å². The summed E-state index contributed by atoms with van der Waals surface area (Å²) >= 11 is 6.43. The number of amides is 1. The second kappa shape index (κ2) is 6.10. The van der Waals surface area contributed by atoms with E-state index in [0.29, 0.717) is 25.6 Å². The molecule has 1 amide bonds. The lowest BCUT2D eigenvalue weighted by Crippen LogP contribution is -2.49. The third kappa shape index (κ3) is 2.65. The topological polar surface area (TPSA) is 42.3 Å². The number of hydrogen-bond acceptors (Lipinski definition) is 2. The highest BCUT2D eigenvalue weighted by molar-refractivity contribution is 6.30. The van der Waals surface area contributed by atoms with E-state index in [2.05, 4.69) is 0 Å². The van der Waals surface area contributed by atoms with Gasteiger partial charge in [0.05, 0.1) is 0 Å². The molecule has 1 aromatic heterocycles. The van der Waals surface area contributed by atoms with Gasteiger partial charge in [-0.15, -0.1) is 11.6 Å².